The summed E-state index contributed by atoms with van der Waals surface area (Å²) in [5.74, 6) is -1.56. The molecule has 16 heavy (non-hydrogen) atoms. The van der Waals surface area contributed by atoms with Crippen LogP contribution in [-0.4, -0.2) is 38.0 Å². The first-order valence-electron chi connectivity index (χ1n) is 5.10. The van der Waals surface area contributed by atoms with E-state index in [4.69, 9.17) is 0 Å². The minimum absolute atomic E-state index is 0.123. The molecule has 0 saturated carbocycles. The van der Waals surface area contributed by atoms with Gasteiger partial charge in [-0.05, 0) is 5.92 Å². The predicted octanol–water partition coefficient (Wildman–Crippen LogP) is -0.562. The van der Waals surface area contributed by atoms with Crippen LogP contribution in [0.15, 0.2) is 0 Å². The zero-order valence-corrected chi connectivity index (χ0v) is 9.83. The topological polar surface area (TPSA) is 84.5 Å². The van der Waals surface area contributed by atoms with Gasteiger partial charge in [0.2, 0.25) is 5.91 Å². The molecule has 0 atom stereocenters. The summed E-state index contributed by atoms with van der Waals surface area (Å²) in [6.07, 6.45) is 0.148. The van der Waals surface area contributed by atoms with E-state index in [-0.39, 0.29) is 18.9 Å². The van der Waals surface area contributed by atoms with Crippen LogP contribution in [0.4, 0.5) is 0 Å². The minimum Gasteiger partial charge on any atom is -0.462 e. The van der Waals surface area contributed by atoms with E-state index < -0.39 is 11.9 Å². The summed E-state index contributed by atoms with van der Waals surface area (Å²) in [5, 5.41) is 4.97. The summed E-state index contributed by atoms with van der Waals surface area (Å²) in [7, 11) is 1.12. The van der Waals surface area contributed by atoms with Gasteiger partial charge in [-0.2, -0.15) is 0 Å². The van der Waals surface area contributed by atoms with Gasteiger partial charge in [-0.25, -0.2) is 4.79 Å². The monoisotopic (exact) mass is 230 g/mol. The second-order valence-corrected chi connectivity index (χ2v) is 3.70. The van der Waals surface area contributed by atoms with Gasteiger partial charge in [0.05, 0.1) is 7.11 Å². The van der Waals surface area contributed by atoms with E-state index in [2.05, 4.69) is 15.4 Å². The molecule has 6 heteroatoms. The Hall–Kier alpha value is -1.59. The van der Waals surface area contributed by atoms with Crippen molar-refractivity contribution in [3.05, 3.63) is 0 Å². The average Bonchev–Trinajstić information content (AvgIpc) is 2.24. The summed E-state index contributed by atoms with van der Waals surface area (Å²) in [5.41, 5.74) is 0. The van der Waals surface area contributed by atoms with Crippen LogP contribution < -0.4 is 10.6 Å². The number of rotatable bonds is 5. The lowest BCUT2D eigenvalue weighted by Crippen LogP contribution is -2.35. The van der Waals surface area contributed by atoms with Crippen molar-refractivity contribution in [1.29, 1.82) is 0 Å². The van der Waals surface area contributed by atoms with Gasteiger partial charge in [0.25, 0.3) is 0 Å². The van der Waals surface area contributed by atoms with Gasteiger partial charge in [-0.3, -0.25) is 9.59 Å². The van der Waals surface area contributed by atoms with Crippen molar-refractivity contribution >= 4 is 17.8 Å². The second kappa shape index (κ2) is 7.67. The number of nitrogens with one attached hydrogen (secondary N) is 2. The standard InChI is InChI=1S/C10H18N2O4/c1-7(2)6-12-8(13)4-5-11-9(14)10(15)16-3/h7H,4-6H2,1-3H3,(H,11,14)(H,12,13). The van der Waals surface area contributed by atoms with E-state index in [0.29, 0.717) is 12.5 Å². The third-order valence-electron chi connectivity index (χ3n) is 1.72. The Balaban J connectivity index is 3.62. The number of methoxy groups -OCH3 is 1. The summed E-state index contributed by atoms with van der Waals surface area (Å²) in [6.45, 7) is 4.69. The Morgan fingerprint density at radius 3 is 2.31 bits per heavy atom. The molecule has 2 amide bonds. The molecule has 0 radical (unpaired) electrons. The molecule has 6 nitrogen and oxygen atoms in total. The van der Waals surface area contributed by atoms with Crippen molar-refractivity contribution in [3.8, 4) is 0 Å². The first kappa shape index (κ1) is 14.4. The molecule has 0 aliphatic heterocycles. The van der Waals surface area contributed by atoms with Crippen molar-refractivity contribution in [2.24, 2.45) is 5.92 Å². The molecule has 0 fully saturated rings. The maximum absolute atomic E-state index is 11.2. The molecule has 0 aliphatic carbocycles. The number of hydrogen-bond acceptors (Lipinski definition) is 4. The zero-order valence-electron chi connectivity index (χ0n) is 9.83. The molecule has 0 saturated heterocycles. The van der Waals surface area contributed by atoms with Gasteiger partial charge < -0.3 is 15.4 Å². The molecule has 0 spiro atoms. The smallest absolute Gasteiger partial charge is 0.396 e. The Bertz CT molecular complexity index is 264. The molecular weight excluding hydrogens is 212 g/mol. The molecule has 0 aromatic rings. The van der Waals surface area contributed by atoms with E-state index in [0.717, 1.165) is 7.11 Å². The fourth-order valence-electron chi connectivity index (χ4n) is 0.861. The van der Waals surface area contributed by atoms with E-state index in [1.807, 2.05) is 13.8 Å². The number of carbonyl (C=O) groups is 3. The first-order chi connectivity index (χ1) is 7.47. The lowest BCUT2D eigenvalue weighted by Gasteiger charge is -2.07. The molecule has 0 aromatic carbocycles. The Morgan fingerprint density at radius 2 is 1.81 bits per heavy atom. The normalized spacial score (nSPS) is 9.75. The SMILES string of the molecule is COC(=O)C(=O)NCCC(=O)NCC(C)C. The maximum Gasteiger partial charge on any atom is 0.396 e. The van der Waals surface area contributed by atoms with Crippen molar-refractivity contribution in [3.63, 3.8) is 0 Å². The van der Waals surface area contributed by atoms with Crippen molar-refractivity contribution in [1.82, 2.24) is 10.6 Å². The van der Waals surface area contributed by atoms with Crippen LogP contribution >= 0.6 is 0 Å². The Morgan fingerprint density at radius 1 is 1.19 bits per heavy atom. The molecule has 0 aliphatic rings. The number of ether oxygens (including phenoxy) is 1. The van der Waals surface area contributed by atoms with Crippen molar-refractivity contribution in [2.75, 3.05) is 20.2 Å². The number of esters is 1. The molecule has 0 unspecified atom stereocenters. The van der Waals surface area contributed by atoms with Crippen LogP contribution in [0.5, 0.6) is 0 Å². The van der Waals surface area contributed by atoms with Gasteiger partial charge >= 0.3 is 11.9 Å². The van der Waals surface area contributed by atoms with Crippen LogP contribution in [0.3, 0.4) is 0 Å². The Kier molecular flexibility index (Phi) is 6.91. The predicted molar refractivity (Wildman–Crippen MR) is 57.5 cm³/mol. The highest BCUT2D eigenvalue weighted by Crippen LogP contribution is 1.88. The van der Waals surface area contributed by atoms with Crippen LogP contribution in [0.25, 0.3) is 0 Å². The fraction of sp³-hybridized carbons (Fsp3) is 0.700. The average molecular weight is 230 g/mol. The lowest BCUT2D eigenvalue weighted by molar-refractivity contribution is -0.152. The molecule has 0 rings (SSSR count). The van der Waals surface area contributed by atoms with Gasteiger partial charge in [0.15, 0.2) is 0 Å². The van der Waals surface area contributed by atoms with E-state index in [9.17, 15) is 14.4 Å². The molecule has 0 heterocycles. The quantitative estimate of drug-likeness (QED) is 0.489. The summed E-state index contributed by atoms with van der Waals surface area (Å²) < 4.78 is 4.20. The molecule has 0 bridgehead atoms. The molecule has 0 aromatic heterocycles. The van der Waals surface area contributed by atoms with E-state index >= 15 is 0 Å². The summed E-state index contributed by atoms with van der Waals surface area (Å²) in [6, 6.07) is 0. The van der Waals surface area contributed by atoms with Gasteiger partial charge in [0.1, 0.15) is 0 Å². The van der Waals surface area contributed by atoms with Gasteiger partial charge in [-0.1, -0.05) is 13.8 Å². The summed E-state index contributed by atoms with van der Waals surface area (Å²) >= 11 is 0. The third kappa shape index (κ3) is 6.80. The fourth-order valence-corrected chi connectivity index (χ4v) is 0.861. The summed E-state index contributed by atoms with van der Waals surface area (Å²) in [4.78, 5) is 32.8. The largest absolute Gasteiger partial charge is 0.462 e. The second-order valence-electron chi connectivity index (χ2n) is 3.70. The highest BCUT2D eigenvalue weighted by Gasteiger charge is 2.12. The molecule has 92 valence electrons. The van der Waals surface area contributed by atoms with Crippen molar-refractivity contribution in [2.45, 2.75) is 20.3 Å². The molecule has 2 N–H and O–H groups in total. The van der Waals surface area contributed by atoms with Crippen LogP contribution in [-0.2, 0) is 19.1 Å². The highest BCUT2D eigenvalue weighted by atomic mass is 16.5. The number of carbonyl (C=O) groups excluding carboxylic acids is 3. The van der Waals surface area contributed by atoms with Gasteiger partial charge in [0, 0.05) is 19.5 Å². The van der Waals surface area contributed by atoms with Crippen LogP contribution in [0.2, 0.25) is 0 Å². The van der Waals surface area contributed by atoms with Crippen LogP contribution in [0.1, 0.15) is 20.3 Å². The van der Waals surface area contributed by atoms with E-state index in [1.54, 1.807) is 0 Å². The highest BCUT2D eigenvalue weighted by molar-refractivity contribution is 6.32. The van der Waals surface area contributed by atoms with E-state index in [1.165, 1.54) is 0 Å². The molecular formula is C10H18N2O4. The maximum atomic E-state index is 11.2. The number of amides is 2. The third-order valence-corrected chi connectivity index (χ3v) is 1.72. The Labute approximate surface area is 94.7 Å². The number of hydrogen-bond donors (Lipinski definition) is 2. The minimum atomic E-state index is -0.956. The zero-order chi connectivity index (χ0) is 12.6. The van der Waals surface area contributed by atoms with Gasteiger partial charge in [-0.15, -0.1) is 0 Å². The van der Waals surface area contributed by atoms with Crippen molar-refractivity contribution < 1.29 is 19.1 Å². The first-order valence-corrected chi connectivity index (χ1v) is 5.10. The lowest BCUT2D eigenvalue weighted by atomic mass is 10.2. The van der Waals surface area contributed by atoms with Crippen LogP contribution in [0, 0.1) is 5.92 Å².